The Morgan fingerprint density at radius 1 is 1.41 bits per heavy atom. The van der Waals surface area contributed by atoms with E-state index in [1.54, 1.807) is 24.7 Å². The van der Waals surface area contributed by atoms with E-state index < -0.39 is 18.1 Å². The van der Waals surface area contributed by atoms with E-state index in [0.717, 1.165) is 10.9 Å². The molecule has 0 fully saturated rings. The van der Waals surface area contributed by atoms with Gasteiger partial charge in [-0.15, -0.1) is 0 Å². The van der Waals surface area contributed by atoms with Gasteiger partial charge in [0.05, 0.1) is 23.9 Å². The molecule has 5 rings (SSSR count). The fraction of sp³-hybridized carbons (Fsp3) is 0.217. The molecule has 34 heavy (non-hydrogen) atoms. The van der Waals surface area contributed by atoms with Crippen LogP contribution in [0.15, 0.2) is 59.0 Å². The maximum atomic E-state index is 13.4. The Kier molecular flexibility index (Phi) is 5.58. The van der Waals surface area contributed by atoms with Crippen molar-refractivity contribution in [2.75, 3.05) is 6.61 Å². The molecule has 1 aromatic carbocycles. The van der Waals surface area contributed by atoms with E-state index in [-0.39, 0.29) is 11.5 Å². The summed E-state index contributed by atoms with van der Waals surface area (Å²) in [5, 5.41) is 15.8. The van der Waals surface area contributed by atoms with Crippen molar-refractivity contribution < 1.29 is 14.2 Å². The van der Waals surface area contributed by atoms with Crippen LogP contribution in [-0.2, 0) is 4.79 Å². The van der Waals surface area contributed by atoms with Crippen LogP contribution in [0.4, 0.5) is 0 Å². The highest BCUT2D eigenvalue weighted by Gasteiger charge is 2.41. The van der Waals surface area contributed by atoms with Crippen molar-refractivity contribution in [3.8, 4) is 5.75 Å². The summed E-state index contributed by atoms with van der Waals surface area (Å²) < 4.78 is 7.40. The van der Waals surface area contributed by atoms with Crippen molar-refractivity contribution in [2.45, 2.75) is 26.1 Å². The summed E-state index contributed by atoms with van der Waals surface area (Å²) in [6, 6.07) is 5.03. The monoisotopic (exact) mass is 477 g/mol. The predicted octanol–water partition coefficient (Wildman–Crippen LogP) is 2.31. The molecule has 11 heteroatoms. The lowest BCUT2D eigenvalue weighted by atomic mass is 10.0. The quantitative estimate of drug-likeness (QED) is 0.468. The molecule has 2 unspecified atom stereocenters. The summed E-state index contributed by atoms with van der Waals surface area (Å²) in [7, 11) is 0. The van der Waals surface area contributed by atoms with Gasteiger partial charge in [0, 0.05) is 40.1 Å². The zero-order valence-electron chi connectivity index (χ0n) is 18.5. The van der Waals surface area contributed by atoms with Gasteiger partial charge in [-0.2, -0.15) is 10.1 Å². The van der Waals surface area contributed by atoms with Crippen LogP contribution >= 0.6 is 11.6 Å². The third-order valence-electron chi connectivity index (χ3n) is 5.58. The minimum Gasteiger partial charge on any atom is -0.491 e. The van der Waals surface area contributed by atoms with E-state index >= 15 is 0 Å². The number of nitrogens with one attached hydrogen (secondary N) is 2. The molecular formula is C23H22ClN8O2+. The number of H-pyrrole nitrogens is 1. The smallest absolute Gasteiger partial charge is 0.340 e. The topological polar surface area (TPSA) is 134 Å². The number of ether oxygens (including phenoxy) is 1. The van der Waals surface area contributed by atoms with Crippen molar-refractivity contribution in [1.29, 1.82) is 0 Å². The number of hydrogen-bond acceptors (Lipinski definition) is 7. The first-order chi connectivity index (χ1) is 16.5. The highest BCUT2D eigenvalue weighted by atomic mass is 35.5. The van der Waals surface area contributed by atoms with Crippen LogP contribution < -0.4 is 15.8 Å². The molecule has 0 spiro atoms. The van der Waals surface area contributed by atoms with Gasteiger partial charge in [-0.1, -0.05) is 11.6 Å². The summed E-state index contributed by atoms with van der Waals surface area (Å²) in [4.78, 5) is 21.9. The van der Waals surface area contributed by atoms with E-state index in [4.69, 9.17) is 22.1 Å². The fourth-order valence-corrected chi connectivity index (χ4v) is 4.25. The molecule has 2 aliphatic heterocycles. The molecule has 3 aromatic rings. The molecule has 0 saturated heterocycles. The number of benzene rings is 1. The van der Waals surface area contributed by atoms with Crippen LogP contribution in [0.2, 0.25) is 5.02 Å². The highest BCUT2D eigenvalue weighted by Crippen LogP contribution is 2.37. The summed E-state index contributed by atoms with van der Waals surface area (Å²) in [6.45, 7) is 4.17. The summed E-state index contributed by atoms with van der Waals surface area (Å²) in [5.41, 5.74) is 9.17. The number of aromatic nitrogens is 3. The van der Waals surface area contributed by atoms with Crippen molar-refractivity contribution in [3.63, 3.8) is 0 Å². The lowest BCUT2D eigenvalue weighted by Gasteiger charge is -2.18. The zero-order chi connectivity index (χ0) is 23.8. The number of carbonyl (C=O) groups is 1. The van der Waals surface area contributed by atoms with Gasteiger partial charge in [-0.3, -0.25) is 14.9 Å². The zero-order valence-corrected chi connectivity index (χ0v) is 19.2. The largest absolute Gasteiger partial charge is 0.491 e. The average molecular weight is 478 g/mol. The average Bonchev–Trinajstić information content (AvgIpc) is 3.45. The third kappa shape index (κ3) is 3.71. The van der Waals surface area contributed by atoms with E-state index in [9.17, 15) is 4.79 Å². The lowest BCUT2D eigenvalue weighted by Crippen LogP contribution is -2.43. The Labute approximate surface area is 199 Å². The third-order valence-corrected chi connectivity index (χ3v) is 5.89. The van der Waals surface area contributed by atoms with E-state index in [1.165, 1.54) is 4.68 Å². The highest BCUT2D eigenvalue weighted by molar-refractivity contribution is 6.64. The maximum absolute atomic E-state index is 13.4. The summed E-state index contributed by atoms with van der Waals surface area (Å²) >= 11 is 6.46. The van der Waals surface area contributed by atoms with Crippen molar-refractivity contribution >= 4 is 45.7 Å². The Morgan fingerprint density at radius 3 is 3.03 bits per heavy atom. The van der Waals surface area contributed by atoms with Crippen LogP contribution in [0.3, 0.4) is 0 Å². The molecule has 10 nitrogen and oxygen atoms in total. The Balaban J connectivity index is 1.48. The van der Waals surface area contributed by atoms with Crippen molar-refractivity contribution in [3.05, 3.63) is 65.1 Å². The van der Waals surface area contributed by atoms with Crippen LogP contribution in [0.25, 0.3) is 10.9 Å². The van der Waals surface area contributed by atoms with Gasteiger partial charge in [0.1, 0.15) is 17.0 Å². The number of halogens is 1. The number of hydrazone groups is 1. The number of aliphatic imine (C=N–C) groups is 1. The van der Waals surface area contributed by atoms with Crippen LogP contribution in [0, 0.1) is 0 Å². The number of allylic oxidation sites excluding steroid dienone is 1. The number of rotatable bonds is 6. The standard InChI is InChI=1S/C23H21ClN8O2/c1-3-34-21-14(9-16(24)15-11-27-30-19(15)21)12(2)28-23(33)20-22(25)29-18-7-6-17(31-32(18)20)13-5-4-8-26-10-13/h4-12,18H,3H2,1-2H3,(H3-,25,27,28,29,30,33)/p+1. The van der Waals surface area contributed by atoms with Crippen molar-refractivity contribution in [2.24, 2.45) is 15.8 Å². The second-order valence-electron chi connectivity index (χ2n) is 7.77. The number of hydrogen-bond donors (Lipinski definition) is 3. The van der Waals surface area contributed by atoms with Crippen LogP contribution in [0.5, 0.6) is 5.75 Å². The minimum absolute atomic E-state index is 0.114. The Morgan fingerprint density at radius 2 is 2.26 bits per heavy atom. The molecule has 0 bridgehead atoms. The minimum atomic E-state index is -0.480. The van der Waals surface area contributed by atoms with Gasteiger partial charge in [-0.05, 0) is 42.8 Å². The normalized spacial score (nSPS) is 17.9. The van der Waals surface area contributed by atoms with E-state index in [0.29, 0.717) is 34.2 Å². The molecule has 172 valence electrons. The fourth-order valence-electron chi connectivity index (χ4n) is 3.99. The number of carbonyl (C=O) groups excluding carboxylic acids is 1. The van der Waals surface area contributed by atoms with Gasteiger partial charge in [-0.25, -0.2) is 0 Å². The number of amides is 1. The first-order valence-corrected chi connectivity index (χ1v) is 11.1. The maximum Gasteiger partial charge on any atom is 0.340 e. The summed E-state index contributed by atoms with van der Waals surface area (Å²) in [6.07, 6.45) is 8.23. The first kappa shape index (κ1) is 21.8. The Hall–Kier alpha value is -4.05. The predicted molar refractivity (Wildman–Crippen MR) is 129 cm³/mol. The van der Waals surface area contributed by atoms with Gasteiger partial charge in [0.2, 0.25) is 5.84 Å². The molecule has 2 atom stereocenters. The van der Waals surface area contributed by atoms with E-state index in [1.807, 2.05) is 38.1 Å². The van der Waals surface area contributed by atoms with Crippen LogP contribution in [-0.4, -0.2) is 55.8 Å². The molecule has 4 N–H and O–H groups in total. The molecule has 0 saturated carbocycles. The van der Waals surface area contributed by atoms with Crippen molar-refractivity contribution in [1.82, 2.24) is 20.5 Å². The molecule has 4 heterocycles. The van der Waals surface area contributed by atoms with Gasteiger partial charge in [0.15, 0.2) is 0 Å². The second-order valence-corrected chi connectivity index (χ2v) is 8.18. The number of nitrogens with two attached hydrogens (primary N) is 1. The molecule has 1 amide bonds. The van der Waals surface area contributed by atoms with Gasteiger partial charge >= 0.3 is 11.6 Å². The second kappa shape index (κ2) is 8.71. The van der Waals surface area contributed by atoms with Crippen LogP contribution in [0.1, 0.15) is 31.0 Å². The van der Waals surface area contributed by atoms with Gasteiger partial charge < -0.3 is 15.8 Å². The number of aromatic amines is 1. The van der Waals surface area contributed by atoms with E-state index in [2.05, 4.69) is 30.6 Å². The molecule has 0 radical (unpaired) electrons. The van der Waals surface area contributed by atoms with Gasteiger partial charge in [0.25, 0.3) is 6.17 Å². The summed E-state index contributed by atoms with van der Waals surface area (Å²) in [5.74, 6) is 0.285. The number of pyridine rings is 1. The number of nitrogens with zero attached hydrogens (tertiary/aromatic N) is 5. The molecule has 0 aliphatic carbocycles. The molecule has 2 aromatic heterocycles. The number of amidine groups is 1. The molecular weight excluding hydrogens is 456 g/mol. The SMILES string of the molecule is CCOc1c(C(C)NC(=O)C2=[N+]3N=C(c4cccnc4)C=CC3N=C2N)cc(Cl)c2cn[nH]c12. The lowest BCUT2D eigenvalue weighted by molar-refractivity contribution is -0.553. The Bertz CT molecular complexity index is 1410. The number of fused-ring (bicyclic) bond motifs is 2. The first-order valence-electron chi connectivity index (χ1n) is 10.7. The molecule has 2 aliphatic rings.